The quantitative estimate of drug-likeness (QED) is 0.757. The van der Waals surface area contributed by atoms with Gasteiger partial charge in [0.15, 0.2) is 0 Å². The molecule has 0 saturated carbocycles. The molecular formula is C19H21ClN2OS. The summed E-state index contributed by atoms with van der Waals surface area (Å²) in [5.74, 6) is 0.884. The third-order valence-corrected chi connectivity index (χ3v) is 4.88. The molecule has 0 aromatic heterocycles. The zero-order valence-electron chi connectivity index (χ0n) is 13.7. The number of ether oxygens (including phenoxy) is 1. The number of hydrogen-bond donors (Lipinski definition) is 0. The maximum absolute atomic E-state index is 6.09. The van der Waals surface area contributed by atoms with E-state index in [2.05, 4.69) is 15.9 Å². The minimum Gasteiger partial charge on any atom is -0.494 e. The number of hydrogen-bond acceptors (Lipinski definition) is 3. The zero-order valence-corrected chi connectivity index (χ0v) is 15.3. The third-order valence-electron chi connectivity index (χ3n) is 4.15. The highest BCUT2D eigenvalue weighted by Crippen LogP contribution is 2.22. The van der Waals surface area contributed by atoms with Gasteiger partial charge in [0.25, 0.3) is 0 Å². The van der Waals surface area contributed by atoms with Crippen molar-refractivity contribution in [1.82, 2.24) is 4.90 Å². The van der Waals surface area contributed by atoms with Gasteiger partial charge in [0.05, 0.1) is 6.61 Å². The van der Waals surface area contributed by atoms with Gasteiger partial charge in [-0.1, -0.05) is 29.9 Å². The van der Waals surface area contributed by atoms with Crippen LogP contribution in [0.2, 0.25) is 5.02 Å². The Balaban J connectivity index is 1.60. The fourth-order valence-electron chi connectivity index (χ4n) is 2.88. The Morgan fingerprint density at radius 3 is 2.42 bits per heavy atom. The van der Waals surface area contributed by atoms with E-state index in [4.69, 9.17) is 28.6 Å². The Morgan fingerprint density at radius 1 is 1.08 bits per heavy atom. The van der Waals surface area contributed by atoms with Gasteiger partial charge < -0.3 is 14.5 Å². The SMILES string of the molecule is CCOc1ccc(C(=S)N2CCN(c3cccc(Cl)c3)CC2)cc1. The summed E-state index contributed by atoms with van der Waals surface area (Å²) < 4.78 is 5.48. The topological polar surface area (TPSA) is 15.7 Å². The second-order valence-electron chi connectivity index (χ2n) is 5.72. The lowest BCUT2D eigenvalue weighted by Gasteiger charge is -2.37. The van der Waals surface area contributed by atoms with Crippen molar-refractivity contribution in [2.75, 3.05) is 37.7 Å². The normalized spacial score (nSPS) is 14.6. The second-order valence-corrected chi connectivity index (χ2v) is 6.54. The van der Waals surface area contributed by atoms with Crippen LogP contribution in [0.4, 0.5) is 5.69 Å². The maximum Gasteiger partial charge on any atom is 0.119 e. The highest BCUT2D eigenvalue weighted by molar-refractivity contribution is 7.80. The first-order valence-electron chi connectivity index (χ1n) is 8.20. The highest BCUT2D eigenvalue weighted by Gasteiger charge is 2.20. The van der Waals surface area contributed by atoms with Crippen LogP contribution in [0, 0.1) is 0 Å². The summed E-state index contributed by atoms with van der Waals surface area (Å²) >= 11 is 11.8. The molecule has 1 aliphatic heterocycles. The van der Waals surface area contributed by atoms with E-state index in [1.807, 2.05) is 49.4 Å². The number of anilines is 1. The molecule has 2 aromatic rings. The summed E-state index contributed by atoms with van der Waals surface area (Å²) in [7, 11) is 0. The molecular weight excluding hydrogens is 340 g/mol. The van der Waals surface area contributed by atoms with Crippen LogP contribution in [0.5, 0.6) is 5.75 Å². The maximum atomic E-state index is 6.09. The molecule has 126 valence electrons. The Bertz CT molecular complexity index is 697. The molecule has 0 amide bonds. The first-order valence-corrected chi connectivity index (χ1v) is 8.98. The number of benzene rings is 2. The molecule has 24 heavy (non-hydrogen) atoms. The van der Waals surface area contributed by atoms with Gasteiger partial charge in [0.1, 0.15) is 10.7 Å². The van der Waals surface area contributed by atoms with E-state index in [1.165, 1.54) is 5.69 Å². The van der Waals surface area contributed by atoms with Crippen LogP contribution >= 0.6 is 23.8 Å². The van der Waals surface area contributed by atoms with Crippen LogP contribution < -0.4 is 9.64 Å². The molecule has 2 aromatic carbocycles. The molecule has 0 aliphatic carbocycles. The molecule has 1 saturated heterocycles. The largest absolute Gasteiger partial charge is 0.494 e. The van der Waals surface area contributed by atoms with Gasteiger partial charge in [-0.05, 0) is 49.4 Å². The molecule has 3 rings (SSSR count). The lowest BCUT2D eigenvalue weighted by atomic mass is 10.1. The van der Waals surface area contributed by atoms with Gasteiger partial charge in [-0.25, -0.2) is 0 Å². The van der Waals surface area contributed by atoms with Gasteiger partial charge in [0.2, 0.25) is 0 Å². The molecule has 0 bridgehead atoms. The summed E-state index contributed by atoms with van der Waals surface area (Å²) in [6.45, 7) is 6.37. The lowest BCUT2D eigenvalue weighted by molar-refractivity contribution is 0.340. The van der Waals surface area contributed by atoms with E-state index in [0.717, 1.165) is 47.5 Å². The molecule has 1 aliphatic rings. The molecule has 0 unspecified atom stereocenters. The summed E-state index contributed by atoms with van der Waals surface area (Å²) in [5.41, 5.74) is 2.25. The van der Waals surface area contributed by atoms with E-state index in [0.29, 0.717) is 6.61 Å². The van der Waals surface area contributed by atoms with Crippen molar-refractivity contribution in [3.8, 4) is 5.75 Å². The van der Waals surface area contributed by atoms with Crippen LogP contribution in [-0.2, 0) is 0 Å². The van der Waals surface area contributed by atoms with Crippen LogP contribution in [0.1, 0.15) is 12.5 Å². The predicted molar refractivity (Wildman–Crippen MR) is 105 cm³/mol. The van der Waals surface area contributed by atoms with Gasteiger partial charge in [-0.2, -0.15) is 0 Å². The molecule has 0 spiro atoms. The first kappa shape index (κ1) is 17.1. The molecule has 0 N–H and O–H groups in total. The average molecular weight is 361 g/mol. The van der Waals surface area contributed by atoms with Crippen molar-refractivity contribution < 1.29 is 4.74 Å². The number of piperazine rings is 1. The number of nitrogens with zero attached hydrogens (tertiary/aromatic N) is 2. The van der Waals surface area contributed by atoms with Crippen molar-refractivity contribution in [3.63, 3.8) is 0 Å². The van der Waals surface area contributed by atoms with Crippen molar-refractivity contribution in [2.24, 2.45) is 0 Å². The fourth-order valence-corrected chi connectivity index (χ4v) is 3.39. The van der Waals surface area contributed by atoms with Gasteiger partial charge >= 0.3 is 0 Å². The molecule has 0 radical (unpaired) electrons. The summed E-state index contributed by atoms with van der Waals surface area (Å²) in [6.07, 6.45) is 0. The summed E-state index contributed by atoms with van der Waals surface area (Å²) in [5, 5.41) is 0.778. The minimum absolute atomic E-state index is 0.676. The summed E-state index contributed by atoms with van der Waals surface area (Å²) in [4.78, 5) is 5.53. The summed E-state index contributed by atoms with van der Waals surface area (Å²) in [6, 6.07) is 16.1. The molecule has 0 atom stereocenters. The zero-order chi connectivity index (χ0) is 16.9. The van der Waals surface area contributed by atoms with Gasteiger partial charge in [0, 0.05) is 42.5 Å². The molecule has 3 nitrogen and oxygen atoms in total. The average Bonchev–Trinajstić information content (AvgIpc) is 2.62. The molecule has 5 heteroatoms. The van der Waals surface area contributed by atoms with Gasteiger partial charge in [-0.3, -0.25) is 0 Å². The fraction of sp³-hybridized carbons (Fsp3) is 0.316. The van der Waals surface area contributed by atoms with Crippen LogP contribution in [-0.4, -0.2) is 42.7 Å². The van der Waals surface area contributed by atoms with E-state index < -0.39 is 0 Å². The third kappa shape index (κ3) is 4.00. The second kappa shape index (κ2) is 7.86. The van der Waals surface area contributed by atoms with E-state index in [1.54, 1.807) is 0 Å². The molecule has 1 fully saturated rings. The highest BCUT2D eigenvalue weighted by atomic mass is 35.5. The van der Waals surface area contributed by atoms with Crippen molar-refractivity contribution in [2.45, 2.75) is 6.92 Å². The number of thiocarbonyl (C=S) groups is 1. The monoisotopic (exact) mass is 360 g/mol. The van der Waals surface area contributed by atoms with E-state index >= 15 is 0 Å². The Hall–Kier alpha value is -1.78. The predicted octanol–water partition coefficient (Wildman–Crippen LogP) is 4.24. The smallest absolute Gasteiger partial charge is 0.119 e. The van der Waals surface area contributed by atoms with Crippen molar-refractivity contribution in [1.29, 1.82) is 0 Å². The first-order chi connectivity index (χ1) is 11.7. The lowest BCUT2D eigenvalue weighted by Crippen LogP contribution is -2.48. The number of rotatable bonds is 4. The Morgan fingerprint density at radius 2 is 1.79 bits per heavy atom. The van der Waals surface area contributed by atoms with Crippen LogP contribution in [0.3, 0.4) is 0 Å². The van der Waals surface area contributed by atoms with Crippen molar-refractivity contribution >= 4 is 34.5 Å². The van der Waals surface area contributed by atoms with Crippen LogP contribution in [0.25, 0.3) is 0 Å². The van der Waals surface area contributed by atoms with E-state index in [-0.39, 0.29) is 0 Å². The standard InChI is InChI=1S/C19H21ClN2OS/c1-2-23-18-8-6-15(7-9-18)19(24)22-12-10-21(11-13-22)17-5-3-4-16(20)14-17/h3-9,14H,2,10-13H2,1H3. The minimum atomic E-state index is 0.676. The Kier molecular flexibility index (Phi) is 5.59. The van der Waals surface area contributed by atoms with E-state index in [9.17, 15) is 0 Å². The van der Waals surface area contributed by atoms with Crippen LogP contribution in [0.15, 0.2) is 48.5 Å². The van der Waals surface area contributed by atoms with Crippen molar-refractivity contribution in [3.05, 3.63) is 59.1 Å². The Labute approximate surface area is 153 Å². The molecule has 1 heterocycles. The number of halogens is 1. The van der Waals surface area contributed by atoms with Gasteiger partial charge in [-0.15, -0.1) is 0 Å².